The molecule has 8 heteroatoms. The molecule has 0 radical (unpaired) electrons. The van der Waals surface area contributed by atoms with E-state index in [4.69, 9.17) is 18.9 Å². The number of amides is 2. The lowest BCUT2D eigenvalue weighted by molar-refractivity contribution is -0.132. The summed E-state index contributed by atoms with van der Waals surface area (Å²) in [4.78, 5) is 24.6. The molecule has 8 nitrogen and oxygen atoms in total. The minimum atomic E-state index is -0.640. The van der Waals surface area contributed by atoms with Gasteiger partial charge in [-0.15, -0.1) is 0 Å². The highest BCUT2D eigenvalue weighted by Crippen LogP contribution is 2.39. The maximum atomic E-state index is 12.5. The summed E-state index contributed by atoms with van der Waals surface area (Å²) in [5, 5.41) is 0. The number of nitrogens with one attached hydrogen (secondary N) is 2. The minimum absolute atomic E-state index is 0.280. The fourth-order valence-corrected chi connectivity index (χ4v) is 2.45. The first-order chi connectivity index (χ1) is 13.5. The molecule has 1 aromatic rings. The van der Waals surface area contributed by atoms with Crippen LogP contribution in [0.2, 0.25) is 0 Å². The Bertz CT molecular complexity index is 648. The lowest BCUT2D eigenvalue weighted by Crippen LogP contribution is -2.46. The lowest BCUT2D eigenvalue weighted by Gasteiger charge is -2.17. The number of hydrogen-bond donors (Lipinski definition) is 2. The molecule has 156 valence electrons. The van der Waals surface area contributed by atoms with Crippen molar-refractivity contribution in [3.05, 3.63) is 17.7 Å². The van der Waals surface area contributed by atoms with Crippen LogP contribution in [0.3, 0.4) is 0 Å². The van der Waals surface area contributed by atoms with Crippen molar-refractivity contribution < 1.29 is 28.5 Å². The van der Waals surface area contributed by atoms with E-state index in [1.165, 1.54) is 0 Å². The molecular weight excluding hydrogens is 364 g/mol. The molecule has 0 spiro atoms. The first-order valence-corrected chi connectivity index (χ1v) is 9.78. The van der Waals surface area contributed by atoms with E-state index in [-0.39, 0.29) is 5.56 Å². The fourth-order valence-electron chi connectivity index (χ4n) is 2.45. The van der Waals surface area contributed by atoms with Crippen LogP contribution in [0.25, 0.3) is 0 Å². The van der Waals surface area contributed by atoms with Crippen molar-refractivity contribution in [2.24, 2.45) is 5.92 Å². The monoisotopic (exact) mass is 394 g/mol. The summed E-state index contributed by atoms with van der Waals surface area (Å²) in [5.41, 5.74) is 5.07. The van der Waals surface area contributed by atoms with Crippen LogP contribution < -0.4 is 25.1 Å². The SMILES string of the molecule is CCOc1cc(C(=O)NNC(=O)C(C)OCC2CC2)cc(OCC)c1OCC. The van der Waals surface area contributed by atoms with Gasteiger partial charge in [0.2, 0.25) is 5.75 Å². The molecule has 1 fully saturated rings. The fraction of sp³-hybridized carbons (Fsp3) is 0.600. The molecule has 2 amide bonds. The molecule has 1 aliphatic carbocycles. The Morgan fingerprint density at radius 2 is 1.57 bits per heavy atom. The van der Waals surface area contributed by atoms with Crippen LogP contribution >= 0.6 is 0 Å². The van der Waals surface area contributed by atoms with Crippen molar-refractivity contribution in [2.45, 2.75) is 46.6 Å². The van der Waals surface area contributed by atoms with Gasteiger partial charge >= 0.3 is 0 Å². The van der Waals surface area contributed by atoms with Crippen LogP contribution in [-0.4, -0.2) is 44.3 Å². The largest absolute Gasteiger partial charge is 0.490 e. The van der Waals surface area contributed by atoms with Crippen molar-refractivity contribution >= 4 is 11.8 Å². The van der Waals surface area contributed by atoms with E-state index >= 15 is 0 Å². The van der Waals surface area contributed by atoms with Crippen LogP contribution in [0, 0.1) is 5.92 Å². The van der Waals surface area contributed by atoms with Gasteiger partial charge in [-0.3, -0.25) is 20.4 Å². The summed E-state index contributed by atoms with van der Waals surface area (Å²) in [6.45, 7) is 9.00. The van der Waals surface area contributed by atoms with Crippen LogP contribution in [0.5, 0.6) is 17.2 Å². The van der Waals surface area contributed by atoms with Crippen molar-refractivity contribution in [3.8, 4) is 17.2 Å². The predicted octanol–water partition coefficient (Wildman–Crippen LogP) is 2.46. The Morgan fingerprint density at radius 1 is 1.00 bits per heavy atom. The van der Waals surface area contributed by atoms with E-state index in [2.05, 4.69) is 10.9 Å². The molecule has 1 saturated carbocycles. The van der Waals surface area contributed by atoms with Gasteiger partial charge in [0.05, 0.1) is 26.4 Å². The van der Waals surface area contributed by atoms with Crippen molar-refractivity contribution in [1.29, 1.82) is 0 Å². The van der Waals surface area contributed by atoms with E-state index in [0.29, 0.717) is 49.6 Å². The molecule has 1 unspecified atom stereocenters. The highest BCUT2D eigenvalue weighted by atomic mass is 16.5. The number of hydrogen-bond acceptors (Lipinski definition) is 6. The van der Waals surface area contributed by atoms with Crippen molar-refractivity contribution in [3.63, 3.8) is 0 Å². The van der Waals surface area contributed by atoms with Gasteiger partial charge in [-0.2, -0.15) is 0 Å². The topological polar surface area (TPSA) is 95.1 Å². The molecule has 28 heavy (non-hydrogen) atoms. The molecule has 0 aromatic heterocycles. The third kappa shape index (κ3) is 6.30. The van der Waals surface area contributed by atoms with Crippen LogP contribution in [0.15, 0.2) is 12.1 Å². The number of rotatable bonds is 11. The second-order valence-corrected chi connectivity index (χ2v) is 6.46. The number of hydrazine groups is 1. The van der Waals surface area contributed by atoms with Crippen LogP contribution in [0.1, 0.15) is 50.9 Å². The van der Waals surface area contributed by atoms with Gasteiger partial charge in [0.25, 0.3) is 11.8 Å². The van der Waals surface area contributed by atoms with E-state index in [1.807, 2.05) is 20.8 Å². The first-order valence-electron chi connectivity index (χ1n) is 9.78. The Morgan fingerprint density at radius 3 is 2.07 bits per heavy atom. The zero-order valence-electron chi connectivity index (χ0n) is 17.0. The van der Waals surface area contributed by atoms with Crippen molar-refractivity contribution in [1.82, 2.24) is 10.9 Å². The van der Waals surface area contributed by atoms with E-state index in [1.54, 1.807) is 19.1 Å². The molecular formula is C20H30N2O6. The Labute approximate surface area is 165 Å². The van der Waals surface area contributed by atoms with Crippen LogP contribution in [-0.2, 0) is 9.53 Å². The molecule has 0 bridgehead atoms. The predicted molar refractivity (Wildman–Crippen MR) is 104 cm³/mol. The number of carbonyl (C=O) groups excluding carboxylic acids is 2. The standard InChI is InChI=1S/C20H30N2O6/c1-5-25-16-10-15(11-17(26-6-2)18(16)27-7-3)20(24)22-21-19(23)13(4)28-12-14-8-9-14/h10-11,13-14H,5-9,12H2,1-4H3,(H,21,23)(H,22,24). The molecule has 1 aliphatic rings. The van der Waals surface area contributed by atoms with Gasteiger partial charge in [-0.25, -0.2) is 0 Å². The van der Waals surface area contributed by atoms with Gasteiger partial charge < -0.3 is 18.9 Å². The number of carbonyl (C=O) groups is 2. The molecule has 2 N–H and O–H groups in total. The maximum absolute atomic E-state index is 12.5. The van der Waals surface area contributed by atoms with E-state index in [9.17, 15) is 9.59 Å². The summed E-state index contributed by atoms with van der Waals surface area (Å²) in [7, 11) is 0. The highest BCUT2D eigenvalue weighted by molar-refractivity contribution is 5.97. The Balaban J connectivity index is 2.04. The van der Waals surface area contributed by atoms with Gasteiger partial charge in [-0.1, -0.05) is 0 Å². The molecule has 0 aliphatic heterocycles. The summed E-state index contributed by atoms with van der Waals surface area (Å²) in [6, 6.07) is 3.12. The van der Waals surface area contributed by atoms with Crippen LogP contribution in [0.4, 0.5) is 0 Å². The second-order valence-electron chi connectivity index (χ2n) is 6.46. The molecule has 1 aromatic carbocycles. The normalized spacial score (nSPS) is 14.1. The smallest absolute Gasteiger partial charge is 0.269 e. The average molecular weight is 394 g/mol. The third-order valence-electron chi connectivity index (χ3n) is 4.12. The van der Waals surface area contributed by atoms with Gasteiger partial charge in [0.15, 0.2) is 11.5 Å². The van der Waals surface area contributed by atoms with E-state index < -0.39 is 17.9 Å². The maximum Gasteiger partial charge on any atom is 0.269 e. The molecule has 0 heterocycles. The molecule has 0 saturated heterocycles. The van der Waals surface area contributed by atoms with Crippen molar-refractivity contribution in [2.75, 3.05) is 26.4 Å². The van der Waals surface area contributed by atoms with Gasteiger partial charge in [-0.05, 0) is 58.6 Å². The summed E-state index contributed by atoms with van der Waals surface area (Å²) in [5.74, 6) is 0.931. The Hall–Kier alpha value is -2.48. The Kier molecular flexibility index (Phi) is 8.38. The number of benzene rings is 1. The quantitative estimate of drug-likeness (QED) is 0.560. The van der Waals surface area contributed by atoms with Gasteiger partial charge in [0.1, 0.15) is 6.10 Å². The molecule has 2 rings (SSSR count). The second kappa shape index (κ2) is 10.8. The summed E-state index contributed by atoms with van der Waals surface area (Å²) in [6.07, 6.45) is 1.65. The van der Waals surface area contributed by atoms with Gasteiger partial charge in [0, 0.05) is 5.56 Å². The molecule has 1 atom stereocenters. The average Bonchev–Trinajstić information content (AvgIpc) is 3.51. The summed E-state index contributed by atoms with van der Waals surface area (Å²) < 4.78 is 22.3. The highest BCUT2D eigenvalue weighted by Gasteiger charge is 2.24. The van der Waals surface area contributed by atoms with E-state index in [0.717, 1.165) is 12.8 Å². The number of ether oxygens (including phenoxy) is 4. The summed E-state index contributed by atoms with van der Waals surface area (Å²) >= 11 is 0. The third-order valence-corrected chi connectivity index (χ3v) is 4.12. The zero-order valence-corrected chi connectivity index (χ0v) is 17.0. The lowest BCUT2D eigenvalue weighted by atomic mass is 10.1. The first kappa shape index (κ1) is 21.8. The zero-order chi connectivity index (χ0) is 20.5. The minimum Gasteiger partial charge on any atom is -0.490 e.